The van der Waals surface area contributed by atoms with Crippen LogP contribution in [-0.4, -0.2) is 31.1 Å². The van der Waals surface area contributed by atoms with E-state index >= 15 is 0 Å². The lowest BCUT2D eigenvalue weighted by Crippen LogP contribution is -2.30. The number of carbonyl (C=O) groups excluding carboxylic acids is 1. The third kappa shape index (κ3) is 4.56. The maximum atomic E-state index is 12.1. The van der Waals surface area contributed by atoms with Crippen molar-refractivity contribution < 1.29 is 9.53 Å². The van der Waals surface area contributed by atoms with Crippen LogP contribution < -0.4 is 5.73 Å². The molecule has 19 heavy (non-hydrogen) atoms. The van der Waals surface area contributed by atoms with Gasteiger partial charge in [0, 0.05) is 26.3 Å². The van der Waals surface area contributed by atoms with Crippen LogP contribution in [0.2, 0.25) is 0 Å². The van der Waals surface area contributed by atoms with Gasteiger partial charge in [-0.1, -0.05) is 12.1 Å². The molecule has 106 valence electrons. The zero-order chi connectivity index (χ0) is 14.4. The topological polar surface area (TPSA) is 55.6 Å². The molecule has 0 saturated heterocycles. The van der Waals surface area contributed by atoms with Gasteiger partial charge in [0.2, 0.25) is 5.91 Å². The van der Waals surface area contributed by atoms with E-state index in [2.05, 4.69) is 0 Å². The van der Waals surface area contributed by atoms with Crippen LogP contribution in [-0.2, 0) is 9.53 Å². The molecule has 0 aliphatic carbocycles. The maximum absolute atomic E-state index is 12.1. The summed E-state index contributed by atoms with van der Waals surface area (Å²) in [4.78, 5) is 13.9. The maximum Gasteiger partial charge on any atom is 0.222 e. The van der Waals surface area contributed by atoms with E-state index < -0.39 is 0 Å². The first kappa shape index (κ1) is 15.5. The molecule has 0 aliphatic heterocycles. The fraction of sp³-hybridized carbons (Fsp3) is 0.533. The fourth-order valence-electron chi connectivity index (χ4n) is 1.88. The molecule has 0 aromatic heterocycles. The van der Waals surface area contributed by atoms with E-state index in [0.29, 0.717) is 6.42 Å². The van der Waals surface area contributed by atoms with E-state index in [1.165, 1.54) is 0 Å². The molecule has 1 aromatic rings. The first-order chi connectivity index (χ1) is 8.95. The van der Waals surface area contributed by atoms with E-state index in [1.807, 2.05) is 45.2 Å². The molecule has 0 aliphatic rings. The average molecular weight is 264 g/mol. The minimum Gasteiger partial charge on any atom is -0.399 e. The van der Waals surface area contributed by atoms with Gasteiger partial charge in [-0.3, -0.25) is 4.79 Å². The Morgan fingerprint density at radius 3 is 2.68 bits per heavy atom. The number of benzene rings is 1. The molecule has 0 bridgehead atoms. The Morgan fingerprint density at radius 1 is 1.42 bits per heavy atom. The lowest BCUT2D eigenvalue weighted by atomic mass is 10.1. The smallest absolute Gasteiger partial charge is 0.222 e. The highest BCUT2D eigenvalue weighted by atomic mass is 16.5. The highest BCUT2D eigenvalue weighted by Gasteiger charge is 2.17. The van der Waals surface area contributed by atoms with Crippen LogP contribution in [0.4, 0.5) is 5.69 Å². The number of hydrogen-bond donors (Lipinski definition) is 1. The van der Waals surface area contributed by atoms with Gasteiger partial charge in [-0.15, -0.1) is 0 Å². The van der Waals surface area contributed by atoms with Crippen molar-refractivity contribution in [2.75, 3.05) is 19.9 Å². The molecule has 0 radical (unpaired) electrons. The molecule has 2 unspecified atom stereocenters. The van der Waals surface area contributed by atoms with Crippen molar-refractivity contribution in [2.24, 2.45) is 0 Å². The molecule has 0 saturated carbocycles. The highest BCUT2D eigenvalue weighted by Crippen LogP contribution is 2.21. The van der Waals surface area contributed by atoms with E-state index in [4.69, 9.17) is 10.5 Å². The number of methoxy groups -OCH3 is 1. The predicted octanol–water partition coefficient (Wildman–Crippen LogP) is 2.60. The summed E-state index contributed by atoms with van der Waals surface area (Å²) in [5.41, 5.74) is 7.54. The molecule has 0 spiro atoms. The Kier molecular flexibility index (Phi) is 5.83. The van der Waals surface area contributed by atoms with Crippen molar-refractivity contribution in [1.82, 2.24) is 4.90 Å². The predicted molar refractivity (Wildman–Crippen MR) is 77.7 cm³/mol. The normalized spacial score (nSPS) is 13.9. The minimum atomic E-state index is 0.0221. The van der Waals surface area contributed by atoms with E-state index in [-0.39, 0.29) is 18.1 Å². The molecule has 0 fully saturated rings. The summed E-state index contributed by atoms with van der Waals surface area (Å²) in [6.45, 7) is 3.97. The van der Waals surface area contributed by atoms with E-state index in [0.717, 1.165) is 17.7 Å². The van der Waals surface area contributed by atoms with Gasteiger partial charge in [0.15, 0.2) is 0 Å². The van der Waals surface area contributed by atoms with Gasteiger partial charge in [-0.2, -0.15) is 0 Å². The van der Waals surface area contributed by atoms with Crippen LogP contribution in [0.15, 0.2) is 24.3 Å². The van der Waals surface area contributed by atoms with Gasteiger partial charge in [0.25, 0.3) is 0 Å². The van der Waals surface area contributed by atoms with Crippen LogP contribution in [0, 0.1) is 0 Å². The molecule has 1 aromatic carbocycles. The fourth-order valence-corrected chi connectivity index (χ4v) is 1.88. The van der Waals surface area contributed by atoms with Crippen molar-refractivity contribution in [1.29, 1.82) is 0 Å². The Balaban J connectivity index is 2.61. The van der Waals surface area contributed by atoms with Crippen molar-refractivity contribution >= 4 is 11.6 Å². The Bertz CT molecular complexity index is 420. The first-order valence-corrected chi connectivity index (χ1v) is 6.59. The molecular weight excluding hydrogens is 240 g/mol. The summed E-state index contributed by atoms with van der Waals surface area (Å²) in [5.74, 6) is 0.124. The number of anilines is 1. The Morgan fingerprint density at radius 2 is 2.11 bits per heavy atom. The Hall–Kier alpha value is -1.55. The van der Waals surface area contributed by atoms with Gasteiger partial charge < -0.3 is 15.4 Å². The van der Waals surface area contributed by atoms with E-state index in [9.17, 15) is 4.79 Å². The molecular formula is C15H24N2O2. The summed E-state index contributed by atoms with van der Waals surface area (Å²) in [7, 11) is 3.49. The quantitative estimate of drug-likeness (QED) is 0.803. The SMILES string of the molecule is COC(C)CCC(=O)N(C)C(C)c1cccc(N)c1. The summed E-state index contributed by atoms with van der Waals surface area (Å²) >= 11 is 0. The van der Waals surface area contributed by atoms with Crippen LogP contribution >= 0.6 is 0 Å². The van der Waals surface area contributed by atoms with Gasteiger partial charge in [0.05, 0.1) is 12.1 Å². The number of ether oxygens (including phenoxy) is 1. The van der Waals surface area contributed by atoms with Gasteiger partial charge in [-0.25, -0.2) is 0 Å². The van der Waals surface area contributed by atoms with Crippen molar-refractivity contribution in [2.45, 2.75) is 38.8 Å². The van der Waals surface area contributed by atoms with Gasteiger partial charge in [-0.05, 0) is 38.0 Å². The second-order valence-corrected chi connectivity index (χ2v) is 4.94. The summed E-state index contributed by atoms with van der Waals surface area (Å²) in [6.07, 6.45) is 1.35. The number of rotatable bonds is 6. The number of hydrogen-bond acceptors (Lipinski definition) is 3. The molecule has 1 amide bonds. The molecule has 4 nitrogen and oxygen atoms in total. The molecule has 2 N–H and O–H groups in total. The largest absolute Gasteiger partial charge is 0.399 e. The number of nitrogen functional groups attached to an aromatic ring is 1. The van der Waals surface area contributed by atoms with Gasteiger partial charge in [0.1, 0.15) is 0 Å². The second-order valence-electron chi connectivity index (χ2n) is 4.94. The molecule has 1 rings (SSSR count). The third-order valence-electron chi connectivity index (χ3n) is 3.53. The lowest BCUT2D eigenvalue weighted by molar-refractivity contribution is -0.132. The molecule has 0 heterocycles. The van der Waals surface area contributed by atoms with Crippen LogP contribution in [0.25, 0.3) is 0 Å². The standard InChI is InChI=1S/C15H24N2O2/c1-11(19-4)8-9-15(18)17(3)12(2)13-6-5-7-14(16)10-13/h5-7,10-12H,8-9,16H2,1-4H3. The minimum absolute atomic E-state index is 0.0221. The number of nitrogens with zero attached hydrogens (tertiary/aromatic N) is 1. The second kappa shape index (κ2) is 7.14. The monoisotopic (exact) mass is 264 g/mol. The van der Waals surface area contributed by atoms with Crippen LogP contribution in [0.5, 0.6) is 0 Å². The number of carbonyl (C=O) groups is 1. The number of amides is 1. The lowest BCUT2D eigenvalue weighted by Gasteiger charge is -2.26. The average Bonchev–Trinajstić information content (AvgIpc) is 2.42. The zero-order valence-corrected chi connectivity index (χ0v) is 12.2. The third-order valence-corrected chi connectivity index (χ3v) is 3.53. The summed E-state index contributed by atoms with van der Waals surface area (Å²) < 4.78 is 5.15. The van der Waals surface area contributed by atoms with E-state index in [1.54, 1.807) is 12.0 Å². The summed E-state index contributed by atoms with van der Waals surface area (Å²) in [5, 5.41) is 0. The zero-order valence-electron chi connectivity index (χ0n) is 12.2. The van der Waals surface area contributed by atoms with Crippen LogP contribution in [0.1, 0.15) is 38.3 Å². The summed E-state index contributed by atoms with van der Waals surface area (Å²) in [6, 6.07) is 7.67. The Labute approximate surface area is 115 Å². The molecule has 4 heteroatoms. The van der Waals surface area contributed by atoms with Gasteiger partial charge >= 0.3 is 0 Å². The van der Waals surface area contributed by atoms with Crippen molar-refractivity contribution in [3.05, 3.63) is 29.8 Å². The van der Waals surface area contributed by atoms with Crippen molar-refractivity contribution in [3.8, 4) is 0 Å². The molecule has 2 atom stereocenters. The van der Waals surface area contributed by atoms with Crippen molar-refractivity contribution in [3.63, 3.8) is 0 Å². The van der Waals surface area contributed by atoms with Crippen LogP contribution in [0.3, 0.4) is 0 Å². The first-order valence-electron chi connectivity index (χ1n) is 6.59. The number of nitrogens with two attached hydrogens (primary N) is 1. The highest BCUT2D eigenvalue weighted by molar-refractivity contribution is 5.76.